The monoisotopic (exact) mass is 770 g/mol. The molecule has 0 saturated heterocycles. The van der Waals surface area contributed by atoms with Crippen molar-refractivity contribution in [2.75, 3.05) is 0 Å². The molecule has 1 fully saturated rings. The van der Waals surface area contributed by atoms with Gasteiger partial charge in [-0.25, -0.2) is 0 Å². The maximum absolute atomic E-state index is 7.13. The molecule has 4 nitrogen and oxygen atoms in total. The zero-order chi connectivity index (χ0) is 39.2. The van der Waals surface area contributed by atoms with Gasteiger partial charge in [0, 0.05) is 60.3 Å². The lowest BCUT2D eigenvalue weighted by molar-refractivity contribution is 0.441. The molecule has 1 saturated carbocycles. The number of unbranched alkanes of at least 4 members (excludes halogenated alkanes) is 2. The first kappa shape index (κ1) is 35.0. The first-order valence-corrected chi connectivity index (χ1v) is 22.3. The van der Waals surface area contributed by atoms with Gasteiger partial charge in [0.15, 0.2) is 11.2 Å². The van der Waals surface area contributed by atoms with Crippen LogP contribution in [0.15, 0.2) is 124 Å². The van der Waals surface area contributed by atoms with E-state index in [0.29, 0.717) is 11.8 Å². The molecule has 6 aromatic carbocycles. The van der Waals surface area contributed by atoms with Crippen LogP contribution < -0.4 is 0 Å². The third kappa shape index (κ3) is 5.27. The van der Waals surface area contributed by atoms with Crippen LogP contribution in [0.5, 0.6) is 0 Å². The van der Waals surface area contributed by atoms with E-state index in [4.69, 9.17) is 8.83 Å². The summed E-state index contributed by atoms with van der Waals surface area (Å²) in [7, 11) is 0. The standard InChI is InChI=1S/C55H50N2O2/c1-3-4-6-17-34(2)50-51(35-18-7-5-8-19-35)53-43-33-37(57-46-26-15-11-22-40(46)41-23-12-16-27-47(41)57)29-31-49(43)59-55(53)54-52(50)42-32-36(28-30-48(42)58-54)56-44-24-13-9-20-38(44)39-21-10-14-25-45(39)56/h9-13,15-16,20-24,26-35H,3-8,14,17-19,25H2,1-2H3. The van der Waals surface area contributed by atoms with Crippen LogP contribution in [-0.2, 0) is 6.42 Å². The van der Waals surface area contributed by atoms with Crippen molar-refractivity contribution in [3.63, 3.8) is 0 Å². The molecule has 1 atom stereocenters. The number of aromatic nitrogens is 2. The van der Waals surface area contributed by atoms with Gasteiger partial charge in [-0.2, -0.15) is 0 Å². The molecular formula is C55H50N2O2. The Morgan fingerprint density at radius 2 is 1.22 bits per heavy atom. The van der Waals surface area contributed by atoms with Gasteiger partial charge in [-0.05, 0) is 110 Å². The number of rotatable bonds is 8. The Bertz CT molecular complexity index is 3250. The molecule has 0 radical (unpaired) electrons. The maximum atomic E-state index is 7.13. The first-order chi connectivity index (χ1) is 29.2. The number of nitrogens with zero attached hydrogens (tertiary/aromatic N) is 2. The molecule has 1 unspecified atom stereocenters. The van der Waals surface area contributed by atoms with E-state index in [1.807, 2.05) is 0 Å². The molecule has 0 aliphatic heterocycles. The fourth-order valence-corrected chi connectivity index (χ4v) is 11.4. The van der Waals surface area contributed by atoms with Gasteiger partial charge in [-0.3, -0.25) is 0 Å². The minimum absolute atomic E-state index is 0.366. The van der Waals surface area contributed by atoms with Gasteiger partial charge < -0.3 is 18.0 Å². The van der Waals surface area contributed by atoms with E-state index in [1.54, 1.807) is 0 Å². The fourth-order valence-electron chi connectivity index (χ4n) is 11.4. The molecule has 0 N–H and O–H groups in total. The average molecular weight is 771 g/mol. The molecule has 292 valence electrons. The number of furan rings is 2. The van der Waals surface area contributed by atoms with E-state index in [1.165, 1.54) is 134 Å². The molecule has 12 rings (SSSR count). The Morgan fingerprint density at radius 1 is 0.627 bits per heavy atom. The second kappa shape index (κ2) is 13.8. The van der Waals surface area contributed by atoms with E-state index < -0.39 is 0 Å². The highest BCUT2D eigenvalue weighted by molar-refractivity contribution is 6.22. The Balaban J connectivity index is 1.17. The summed E-state index contributed by atoms with van der Waals surface area (Å²) in [5.74, 6) is 0.836. The minimum atomic E-state index is 0.366. The van der Waals surface area contributed by atoms with E-state index in [0.717, 1.165) is 47.3 Å². The molecule has 0 spiro atoms. The normalized spacial score (nSPS) is 15.6. The maximum Gasteiger partial charge on any atom is 0.178 e. The van der Waals surface area contributed by atoms with Crippen molar-refractivity contribution in [2.24, 2.45) is 0 Å². The van der Waals surface area contributed by atoms with Crippen LogP contribution >= 0.6 is 0 Å². The molecule has 4 aromatic heterocycles. The highest BCUT2D eigenvalue weighted by Crippen LogP contribution is 2.52. The second-order valence-electron chi connectivity index (χ2n) is 17.6. The van der Waals surface area contributed by atoms with Gasteiger partial charge in [-0.1, -0.05) is 119 Å². The zero-order valence-electron chi connectivity index (χ0n) is 34.2. The summed E-state index contributed by atoms with van der Waals surface area (Å²) in [6, 6.07) is 40.4. The summed E-state index contributed by atoms with van der Waals surface area (Å²) >= 11 is 0. The number of hydrogen-bond donors (Lipinski definition) is 0. The van der Waals surface area contributed by atoms with Gasteiger partial charge >= 0.3 is 0 Å². The molecule has 0 amide bonds. The topological polar surface area (TPSA) is 36.1 Å². The van der Waals surface area contributed by atoms with Crippen LogP contribution in [0.4, 0.5) is 0 Å². The van der Waals surface area contributed by atoms with Gasteiger partial charge in [-0.15, -0.1) is 0 Å². The van der Waals surface area contributed by atoms with Crippen molar-refractivity contribution in [2.45, 2.75) is 96.3 Å². The largest absolute Gasteiger partial charge is 0.452 e. The lowest BCUT2D eigenvalue weighted by Crippen LogP contribution is -2.10. The molecule has 2 aliphatic carbocycles. The Labute approximate surface area is 344 Å². The van der Waals surface area contributed by atoms with Gasteiger partial charge in [0.05, 0.1) is 16.6 Å². The number of fused-ring (bicyclic) bond motifs is 13. The number of allylic oxidation sites excluding steroid dienone is 1. The molecule has 59 heavy (non-hydrogen) atoms. The molecule has 4 heterocycles. The predicted molar refractivity (Wildman–Crippen MR) is 248 cm³/mol. The highest BCUT2D eigenvalue weighted by atomic mass is 16.4. The van der Waals surface area contributed by atoms with Crippen molar-refractivity contribution in [1.82, 2.24) is 9.13 Å². The van der Waals surface area contributed by atoms with Crippen LogP contribution in [0.25, 0.3) is 94.0 Å². The van der Waals surface area contributed by atoms with E-state index in [2.05, 4.69) is 144 Å². The molecule has 10 aromatic rings. The van der Waals surface area contributed by atoms with Crippen LogP contribution in [0.1, 0.15) is 112 Å². The van der Waals surface area contributed by atoms with Gasteiger partial charge in [0.25, 0.3) is 0 Å². The van der Waals surface area contributed by atoms with E-state index in [-0.39, 0.29) is 0 Å². The smallest absolute Gasteiger partial charge is 0.178 e. The lowest BCUT2D eigenvalue weighted by atomic mass is 9.75. The van der Waals surface area contributed by atoms with Crippen molar-refractivity contribution < 1.29 is 8.83 Å². The highest BCUT2D eigenvalue weighted by Gasteiger charge is 2.32. The first-order valence-electron chi connectivity index (χ1n) is 22.3. The molecule has 2 aliphatic rings. The summed E-state index contributed by atoms with van der Waals surface area (Å²) in [5.41, 5.74) is 15.5. The fraction of sp³-hybridized carbons (Fsp3) is 0.273. The Morgan fingerprint density at radius 3 is 1.90 bits per heavy atom. The zero-order valence-corrected chi connectivity index (χ0v) is 34.2. The van der Waals surface area contributed by atoms with Crippen molar-refractivity contribution in [3.8, 4) is 11.4 Å². The molecule has 4 heteroatoms. The van der Waals surface area contributed by atoms with Crippen molar-refractivity contribution >= 4 is 82.7 Å². The summed E-state index contributed by atoms with van der Waals surface area (Å²) in [5, 5.41) is 8.83. The summed E-state index contributed by atoms with van der Waals surface area (Å²) in [6.07, 6.45) is 17.9. The number of para-hydroxylation sites is 3. The Hall–Kier alpha value is -6.00. The Kier molecular flexibility index (Phi) is 8.18. The van der Waals surface area contributed by atoms with Crippen LogP contribution in [0.2, 0.25) is 0 Å². The SMILES string of the molecule is CCCCCC(C)c1c(C2CCCCC2)c2c3cc(-n4c5ccccc5c5ccccc54)ccc3oc2c2oc3ccc(-n4c5c(c6ccccc64)C=CCC5)cc3c12. The number of hydrogen-bond acceptors (Lipinski definition) is 2. The summed E-state index contributed by atoms with van der Waals surface area (Å²) in [6.45, 7) is 4.82. The van der Waals surface area contributed by atoms with Gasteiger partial charge in [0.2, 0.25) is 0 Å². The summed E-state index contributed by atoms with van der Waals surface area (Å²) < 4.78 is 19.2. The summed E-state index contributed by atoms with van der Waals surface area (Å²) in [4.78, 5) is 0. The minimum Gasteiger partial charge on any atom is -0.452 e. The lowest BCUT2D eigenvalue weighted by Gasteiger charge is -2.28. The van der Waals surface area contributed by atoms with Crippen molar-refractivity contribution in [1.29, 1.82) is 0 Å². The van der Waals surface area contributed by atoms with Crippen molar-refractivity contribution in [3.05, 3.63) is 138 Å². The van der Waals surface area contributed by atoms with Crippen LogP contribution in [-0.4, -0.2) is 9.13 Å². The average Bonchev–Trinajstić information content (AvgIpc) is 4.04. The molecule has 0 bridgehead atoms. The predicted octanol–water partition coefficient (Wildman–Crippen LogP) is 16.2. The second-order valence-corrected chi connectivity index (χ2v) is 17.6. The van der Waals surface area contributed by atoms with Crippen LogP contribution in [0.3, 0.4) is 0 Å². The van der Waals surface area contributed by atoms with E-state index in [9.17, 15) is 0 Å². The van der Waals surface area contributed by atoms with Crippen LogP contribution in [0, 0.1) is 0 Å². The number of benzene rings is 6. The van der Waals surface area contributed by atoms with E-state index >= 15 is 0 Å². The quantitative estimate of drug-likeness (QED) is 0.144. The molecular weight excluding hydrogens is 721 g/mol. The third-order valence-corrected chi connectivity index (χ3v) is 14.1. The van der Waals surface area contributed by atoms with Gasteiger partial charge in [0.1, 0.15) is 11.2 Å². The third-order valence-electron chi connectivity index (χ3n) is 14.1.